The third-order valence-electron chi connectivity index (χ3n) is 4.06. The van der Waals surface area contributed by atoms with Gasteiger partial charge in [0.2, 0.25) is 0 Å². The highest BCUT2D eigenvalue weighted by atomic mass is 32.2. The summed E-state index contributed by atoms with van der Waals surface area (Å²) in [6.45, 7) is 2.60. The highest BCUT2D eigenvalue weighted by Gasteiger charge is 2.40. The Hall–Kier alpha value is -0.640. The van der Waals surface area contributed by atoms with Crippen LogP contribution in [0.25, 0.3) is 0 Å². The second-order valence-electron chi connectivity index (χ2n) is 5.20. The molecule has 1 fully saturated rings. The maximum atomic E-state index is 12.6. The number of aromatic nitrogens is 2. The molecule has 2 rings (SSSR count). The van der Waals surface area contributed by atoms with Gasteiger partial charge in [-0.3, -0.25) is 0 Å². The normalized spacial score (nSPS) is 19.6. The first-order valence-electron chi connectivity index (χ1n) is 6.58. The molecular weight excluding hydrogens is 328 g/mol. The van der Waals surface area contributed by atoms with Crippen molar-refractivity contribution < 1.29 is 8.42 Å². The SMILES string of the molecule is CSC1(C(N)=S)CCN(S(=O)(=O)c2cn(C)c(C)n2)CC1. The molecule has 6 nitrogen and oxygen atoms in total. The topological polar surface area (TPSA) is 81.2 Å². The van der Waals surface area contributed by atoms with Gasteiger partial charge in [0, 0.05) is 26.3 Å². The Kier molecular flexibility index (Phi) is 4.67. The van der Waals surface area contributed by atoms with Crippen molar-refractivity contribution in [1.29, 1.82) is 0 Å². The standard InChI is InChI=1S/C12H20N4O2S3/c1-9-14-10(8-15(9)2)21(17,18)16-6-4-12(20-3,5-7-16)11(13)19/h8H,4-7H2,1-3H3,(H2,13,19). The number of sulfonamides is 1. The van der Waals surface area contributed by atoms with Crippen LogP contribution in [0, 0.1) is 6.92 Å². The molecule has 1 aliphatic heterocycles. The molecule has 1 aromatic heterocycles. The largest absolute Gasteiger partial charge is 0.392 e. The summed E-state index contributed by atoms with van der Waals surface area (Å²) in [4.78, 5) is 4.59. The molecule has 0 radical (unpaired) electrons. The lowest BCUT2D eigenvalue weighted by Crippen LogP contribution is -2.50. The van der Waals surface area contributed by atoms with E-state index in [0.717, 1.165) is 0 Å². The summed E-state index contributed by atoms with van der Waals surface area (Å²) in [5, 5.41) is 0.106. The van der Waals surface area contributed by atoms with Crippen molar-refractivity contribution in [3.8, 4) is 0 Å². The average molecular weight is 349 g/mol. The second-order valence-corrected chi connectivity index (χ2v) is 8.72. The fourth-order valence-electron chi connectivity index (χ4n) is 2.42. The maximum Gasteiger partial charge on any atom is 0.262 e. The Morgan fingerprint density at radius 2 is 2.05 bits per heavy atom. The van der Waals surface area contributed by atoms with Gasteiger partial charge in [-0.05, 0) is 26.0 Å². The summed E-state index contributed by atoms with van der Waals surface area (Å²) in [6, 6.07) is 0. The van der Waals surface area contributed by atoms with Crippen molar-refractivity contribution >= 4 is 39.0 Å². The zero-order valence-electron chi connectivity index (χ0n) is 12.4. The van der Waals surface area contributed by atoms with Gasteiger partial charge in [0.15, 0.2) is 5.03 Å². The van der Waals surface area contributed by atoms with Crippen LogP contribution in [0.2, 0.25) is 0 Å². The average Bonchev–Trinajstić information content (AvgIpc) is 2.79. The van der Waals surface area contributed by atoms with E-state index in [-0.39, 0.29) is 9.77 Å². The van der Waals surface area contributed by atoms with E-state index < -0.39 is 10.0 Å². The van der Waals surface area contributed by atoms with Gasteiger partial charge in [0.1, 0.15) is 5.82 Å². The molecule has 0 aliphatic carbocycles. The molecular formula is C12H20N4O2S3. The summed E-state index contributed by atoms with van der Waals surface area (Å²) in [5.74, 6) is 0.673. The van der Waals surface area contributed by atoms with E-state index >= 15 is 0 Å². The number of rotatable bonds is 4. The van der Waals surface area contributed by atoms with Gasteiger partial charge in [-0.15, -0.1) is 0 Å². The van der Waals surface area contributed by atoms with E-state index in [2.05, 4.69) is 4.98 Å². The van der Waals surface area contributed by atoms with Crippen LogP contribution in [0.5, 0.6) is 0 Å². The summed E-state index contributed by atoms with van der Waals surface area (Å²) >= 11 is 6.75. The minimum Gasteiger partial charge on any atom is -0.392 e. The van der Waals surface area contributed by atoms with E-state index in [1.54, 1.807) is 36.5 Å². The number of thiocarbonyl (C=S) groups is 1. The van der Waals surface area contributed by atoms with Crippen molar-refractivity contribution in [2.75, 3.05) is 19.3 Å². The van der Waals surface area contributed by atoms with Gasteiger partial charge >= 0.3 is 0 Å². The Morgan fingerprint density at radius 3 is 2.43 bits per heavy atom. The molecule has 1 aromatic rings. The minimum atomic E-state index is -3.54. The van der Waals surface area contributed by atoms with Gasteiger partial charge in [-0.25, -0.2) is 13.4 Å². The molecule has 0 spiro atoms. The first kappa shape index (κ1) is 16.7. The van der Waals surface area contributed by atoms with Gasteiger partial charge in [0.25, 0.3) is 10.0 Å². The Labute approximate surface area is 135 Å². The van der Waals surface area contributed by atoms with Gasteiger partial charge in [-0.1, -0.05) is 12.2 Å². The molecule has 1 aliphatic rings. The summed E-state index contributed by atoms with van der Waals surface area (Å²) in [6.07, 6.45) is 4.78. The third kappa shape index (κ3) is 2.96. The summed E-state index contributed by atoms with van der Waals surface area (Å²) < 4.78 is 28.1. The molecule has 0 unspecified atom stereocenters. The molecule has 0 saturated carbocycles. The smallest absolute Gasteiger partial charge is 0.262 e. The monoisotopic (exact) mass is 348 g/mol. The number of nitrogens with zero attached hydrogens (tertiary/aromatic N) is 3. The van der Waals surface area contributed by atoms with Crippen LogP contribution >= 0.6 is 24.0 Å². The number of piperidine rings is 1. The van der Waals surface area contributed by atoms with Crippen LogP contribution in [0.1, 0.15) is 18.7 Å². The Bertz CT molecular complexity index is 626. The highest BCUT2D eigenvalue weighted by Crippen LogP contribution is 2.36. The molecule has 0 amide bonds. The van der Waals surface area contributed by atoms with Crippen LogP contribution < -0.4 is 5.73 Å². The van der Waals surface area contributed by atoms with E-state index in [0.29, 0.717) is 36.7 Å². The number of nitrogens with two attached hydrogens (primary N) is 1. The quantitative estimate of drug-likeness (QED) is 0.814. The van der Waals surface area contributed by atoms with Crippen molar-refractivity contribution in [1.82, 2.24) is 13.9 Å². The van der Waals surface area contributed by atoms with Crippen LogP contribution in [0.3, 0.4) is 0 Å². The fourth-order valence-corrected chi connectivity index (χ4v) is 5.13. The lowest BCUT2D eigenvalue weighted by molar-refractivity contribution is 0.332. The first-order valence-corrected chi connectivity index (χ1v) is 9.65. The number of aryl methyl sites for hydroxylation is 2. The third-order valence-corrected chi connectivity index (χ3v) is 7.76. The molecule has 0 aromatic carbocycles. The van der Waals surface area contributed by atoms with Crippen LogP contribution in [0.4, 0.5) is 0 Å². The summed E-state index contributed by atoms with van der Waals surface area (Å²) in [7, 11) is -1.76. The fraction of sp³-hybridized carbons (Fsp3) is 0.667. The van der Waals surface area contributed by atoms with Crippen LogP contribution in [0.15, 0.2) is 11.2 Å². The van der Waals surface area contributed by atoms with Gasteiger partial charge < -0.3 is 10.3 Å². The maximum absolute atomic E-state index is 12.6. The van der Waals surface area contributed by atoms with E-state index in [9.17, 15) is 8.42 Å². The number of hydrogen-bond acceptors (Lipinski definition) is 5. The van der Waals surface area contributed by atoms with Gasteiger partial charge in [0.05, 0.1) is 9.74 Å². The zero-order valence-corrected chi connectivity index (χ0v) is 14.8. The van der Waals surface area contributed by atoms with E-state index in [1.807, 2.05) is 6.26 Å². The second kappa shape index (κ2) is 5.86. The lowest BCUT2D eigenvalue weighted by atomic mass is 9.97. The van der Waals surface area contributed by atoms with Crippen LogP contribution in [-0.4, -0.2) is 51.4 Å². The summed E-state index contributed by atoms with van der Waals surface area (Å²) in [5.41, 5.74) is 5.83. The molecule has 1 saturated heterocycles. The number of hydrogen-bond donors (Lipinski definition) is 1. The Balaban J connectivity index is 2.20. The molecule has 0 atom stereocenters. The number of thioether (sulfide) groups is 1. The molecule has 118 valence electrons. The highest BCUT2D eigenvalue weighted by molar-refractivity contribution is 8.02. The molecule has 21 heavy (non-hydrogen) atoms. The lowest BCUT2D eigenvalue weighted by Gasteiger charge is -2.39. The van der Waals surface area contributed by atoms with E-state index in [4.69, 9.17) is 18.0 Å². The van der Waals surface area contributed by atoms with E-state index in [1.165, 1.54) is 4.31 Å². The predicted molar refractivity (Wildman–Crippen MR) is 89.0 cm³/mol. The Morgan fingerprint density at radius 1 is 1.48 bits per heavy atom. The van der Waals surface area contributed by atoms with Crippen LogP contribution in [-0.2, 0) is 17.1 Å². The first-order chi connectivity index (χ1) is 9.73. The number of imidazole rings is 1. The molecule has 9 heteroatoms. The van der Waals surface area contributed by atoms with Crippen molar-refractivity contribution in [3.63, 3.8) is 0 Å². The van der Waals surface area contributed by atoms with Crippen molar-refractivity contribution in [3.05, 3.63) is 12.0 Å². The van der Waals surface area contributed by atoms with Gasteiger partial charge in [-0.2, -0.15) is 16.1 Å². The molecule has 2 heterocycles. The van der Waals surface area contributed by atoms with Crippen molar-refractivity contribution in [2.24, 2.45) is 12.8 Å². The molecule has 2 N–H and O–H groups in total. The minimum absolute atomic E-state index is 0.106. The zero-order chi connectivity index (χ0) is 15.8. The predicted octanol–water partition coefficient (Wildman–Crippen LogP) is 0.901. The molecule has 0 bridgehead atoms. The van der Waals surface area contributed by atoms with Crippen molar-refractivity contribution in [2.45, 2.75) is 29.5 Å².